The largest absolute Gasteiger partial charge is 0.465 e. The van der Waals surface area contributed by atoms with Gasteiger partial charge < -0.3 is 15.4 Å². The molecule has 0 aliphatic heterocycles. The molecule has 2 aromatic carbocycles. The molecular formula is C23H23N3O3. The van der Waals surface area contributed by atoms with Gasteiger partial charge in [0.2, 0.25) is 0 Å². The summed E-state index contributed by atoms with van der Waals surface area (Å²) in [7, 11) is 1.34. The third kappa shape index (κ3) is 4.99. The van der Waals surface area contributed by atoms with Crippen LogP contribution in [0.3, 0.4) is 0 Å². The maximum atomic E-state index is 12.6. The van der Waals surface area contributed by atoms with Gasteiger partial charge in [0.1, 0.15) is 5.69 Å². The van der Waals surface area contributed by atoms with Crippen molar-refractivity contribution in [1.82, 2.24) is 4.98 Å². The van der Waals surface area contributed by atoms with Gasteiger partial charge >= 0.3 is 5.97 Å². The molecule has 1 heterocycles. The Kier molecular flexibility index (Phi) is 6.24. The zero-order chi connectivity index (χ0) is 20.8. The van der Waals surface area contributed by atoms with Gasteiger partial charge in [0, 0.05) is 17.6 Å². The van der Waals surface area contributed by atoms with Gasteiger partial charge in [0.15, 0.2) is 0 Å². The van der Waals surface area contributed by atoms with Gasteiger partial charge in [-0.2, -0.15) is 0 Å². The van der Waals surface area contributed by atoms with Gasteiger partial charge in [-0.1, -0.05) is 38.1 Å². The van der Waals surface area contributed by atoms with Crippen LogP contribution in [0.15, 0.2) is 66.9 Å². The summed E-state index contributed by atoms with van der Waals surface area (Å²) >= 11 is 0. The van der Waals surface area contributed by atoms with E-state index in [1.807, 2.05) is 30.3 Å². The molecule has 0 saturated heterocycles. The molecule has 29 heavy (non-hydrogen) atoms. The van der Waals surface area contributed by atoms with Crippen LogP contribution in [0, 0.1) is 0 Å². The topological polar surface area (TPSA) is 80.3 Å². The fraction of sp³-hybridized carbons (Fsp3) is 0.174. The normalized spacial score (nSPS) is 10.5. The maximum absolute atomic E-state index is 12.6. The van der Waals surface area contributed by atoms with Crippen molar-refractivity contribution in [2.75, 3.05) is 17.7 Å². The van der Waals surface area contributed by atoms with E-state index in [-0.39, 0.29) is 11.6 Å². The molecule has 148 valence electrons. The third-order valence-corrected chi connectivity index (χ3v) is 4.44. The maximum Gasteiger partial charge on any atom is 0.339 e. The van der Waals surface area contributed by atoms with Crippen molar-refractivity contribution in [1.29, 1.82) is 0 Å². The Morgan fingerprint density at radius 3 is 2.38 bits per heavy atom. The molecule has 0 spiro atoms. The Bertz CT molecular complexity index is 1010. The van der Waals surface area contributed by atoms with E-state index in [0.717, 1.165) is 0 Å². The number of amides is 1. The first-order valence-corrected chi connectivity index (χ1v) is 9.29. The molecule has 0 atom stereocenters. The molecule has 2 N–H and O–H groups in total. The van der Waals surface area contributed by atoms with Crippen molar-refractivity contribution in [3.63, 3.8) is 0 Å². The van der Waals surface area contributed by atoms with E-state index < -0.39 is 5.97 Å². The van der Waals surface area contributed by atoms with Crippen LogP contribution < -0.4 is 10.6 Å². The van der Waals surface area contributed by atoms with Gasteiger partial charge in [-0.05, 0) is 47.9 Å². The highest BCUT2D eigenvalue weighted by atomic mass is 16.5. The Morgan fingerprint density at radius 2 is 1.69 bits per heavy atom. The van der Waals surface area contributed by atoms with Crippen molar-refractivity contribution in [3.05, 3.63) is 83.7 Å². The number of carbonyl (C=O) groups excluding carboxylic acids is 2. The predicted octanol–water partition coefficient (Wildman–Crippen LogP) is 4.99. The van der Waals surface area contributed by atoms with Crippen molar-refractivity contribution >= 4 is 28.9 Å². The Balaban J connectivity index is 1.76. The summed E-state index contributed by atoms with van der Waals surface area (Å²) in [5, 5.41) is 6.00. The fourth-order valence-corrected chi connectivity index (χ4v) is 2.81. The molecule has 0 aliphatic rings. The zero-order valence-corrected chi connectivity index (χ0v) is 16.6. The van der Waals surface area contributed by atoms with E-state index in [0.29, 0.717) is 28.5 Å². The lowest BCUT2D eigenvalue weighted by Gasteiger charge is -2.12. The number of aromatic nitrogens is 1. The molecular weight excluding hydrogens is 366 g/mol. The molecule has 0 fully saturated rings. The van der Waals surface area contributed by atoms with Crippen LogP contribution in [0.25, 0.3) is 0 Å². The molecule has 0 aliphatic carbocycles. The summed E-state index contributed by atoms with van der Waals surface area (Å²) in [6.45, 7) is 4.24. The highest BCUT2D eigenvalue weighted by Crippen LogP contribution is 2.22. The molecule has 0 unspecified atom stereocenters. The smallest absolute Gasteiger partial charge is 0.339 e. The number of anilines is 3. The van der Waals surface area contributed by atoms with Gasteiger partial charge in [-0.15, -0.1) is 0 Å². The Labute approximate surface area is 169 Å². The summed E-state index contributed by atoms with van der Waals surface area (Å²) in [5.41, 5.74) is 3.80. The Morgan fingerprint density at radius 1 is 0.966 bits per heavy atom. The second-order valence-electron chi connectivity index (χ2n) is 6.82. The van der Waals surface area contributed by atoms with Gasteiger partial charge in [0.25, 0.3) is 5.91 Å². The number of carbonyl (C=O) groups is 2. The standard InChI is InChI=1S/C23H23N3O3/c1-15(2)16-8-10-17(11-9-16)26-22(27)21-14-18(12-13-24-21)25-20-7-5-4-6-19(20)23(28)29-3/h4-15H,1-3H3,(H,24,25)(H,26,27). The number of hydrogen-bond donors (Lipinski definition) is 2. The average Bonchev–Trinajstić information content (AvgIpc) is 2.74. The number of ether oxygens (including phenoxy) is 1. The van der Waals surface area contributed by atoms with Crippen LogP contribution in [0.4, 0.5) is 17.1 Å². The van der Waals surface area contributed by atoms with E-state index in [1.165, 1.54) is 12.7 Å². The van der Waals surface area contributed by atoms with Crippen LogP contribution >= 0.6 is 0 Å². The number of esters is 1. The lowest BCUT2D eigenvalue weighted by Crippen LogP contribution is -2.14. The second kappa shape index (κ2) is 9.01. The van der Waals surface area contributed by atoms with Crippen LogP contribution in [0.5, 0.6) is 0 Å². The number of rotatable bonds is 6. The van der Waals surface area contributed by atoms with Crippen LogP contribution in [0.1, 0.15) is 46.2 Å². The minimum Gasteiger partial charge on any atom is -0.465 e. The quantitative estimate of drug-likeness (QED) is 0.581. The van der Waals surface area contributed by atoms with Crippen LogP contribution in [0.2, 0.25) is 0 Å². The van der Waals surface area contributed by atoms with Crippen LogP contribution in [-0.4, -0.2) is 24.0 Å². The number of methoxy groups -OCH3 is 1. The number of nitrogens with one attached hydrogen (secondary N) is 2. The molecule has 6 heteroatoms. The number of pyridine rings is 1. The summed E-state index contributed by atoms with van der Waals surface area (Å²) < 4.78 is 4.81. The Hall–Kier alpha value is -3.67. The lowest BCUT2D eigenvalue weighted by molar-refractivity contribution is 0.0601. The molecule has 0 saturated carbocycles. The van der Waals surface area contributed by atoms with E-state index in [9.17, 15) is 9.59 Å². The minimum absolute atomic E-state index is 0.262. The zero-order valence-electron chi connectivity index (χ0n) is 16.6. The van der Waals surface area contributed by atoms with E-state index in [1.54, 1.807) is 36.5 Å². The molecule has 3 aromatic rings. The summed E-state index contributed by atoms with van der Waals surface area (Å²) in [6.07, 6.45) is 1.54. The van der Waals surface area contributed by atoms with Gasteiger partial charge in [-0.3, -0.25) is 9.78 Å². The molecule has 1 amide bonds. The first kappa shape index (κ1) is 20.1. The van der Waals surface area contributed by atoms with Crippen molar-refractivity contribution in [2.24, 2.45) is 0 Å². The SMILES string of the molecule is COC(=O)c1ccccc1Nc1ccnc(C(=O)Nc2ccc(C(C)C)cc2)c1. The summed E-state index contributed by atoms with van der Waals surface area (Å²) in [4.78, 5) is 28.7. The molecule has 1 aromatic heterocycles. The first-order valence-electron chi connectivity index (χ1n) is 9.29. The number of benzene rings is 2. The number of nitrogens with zero attached hydrogens (tertiary/aromatic N) is 1. The third-order valence-electron chi connectivity index (χ3n) is 4.44. The first-order chi connectivity index (χ1) is 14.0. The second-order valence-corrected chi connectivity index (χ2v) is 6.82. The van der Waals surface area contributed by atoms with Crippen LogP contribution in [-0.2, 0) is 4.74 Å². The lowest BCUT2D eigenvalue weighted by atomic mass is 10.0. The highest BCUT2D eigenvalue weighted by molar-refractivity contribution is 6.03. The predicted molar refractivity (Wildman–Crippen MR) is 114 cm³/mol. The molecule has 0 radical (unpaired) electrons. The monoisotopic (exact) mass is 389 g/mol. The highest BCUT2D eigenvalue weighted by Gasteiger charge is 2.13. The number of para-hydroxylation sites is 1. The van der Waals surface area contributed by atoms with E-state index in [2.05, 4.69) is 29.5 Å². The molecule has 0 bridgehead atoms. The van der Waals surface area contributed by atoms with E-state index >= 15 is 0 Å². The summed E-state index contributed by atoms with van der Waals surface area (Å²) in [6, 6.07) is 18.1. The van der Waals surface area contributed by atoms with Crippen molar-refractivity contribution in [3.8, 4) is 0 Å². The fourth-order valence-electron chi connectivity index (χ4n) is 2.81. The molecule has 3 rings (SSSR count). The summed E-state index contributed by atoms with van der Waals surface area (Å²) in [5.74, 6) is -0.325. The van der Waals surface area contributed by atoms with Gasteiger partial charge in [0.05, 0.1) is 18.4 Å². The van der Waals surface area contributed by atoms with Crippen molar-refractivity contribution in [2.45, 2.75) is 19.8 Å². The van der Waals surface area contributed by atoms with E-state index in [4.69, 9.17) is 4.74 Å². The minimum atomic E-state index is -0.440. The average molecular weight is 389 g/mol. The van der Waals surface area contributed by atoms with Gasteiger partial charge in [-0.25, -0.2) is 4.79 Å². The number of hydrogen-bond acceptors (Lipinski definition) is 5. The molecule has 6 nitrogen and oxygen atoms in total. The van der Waals surface area contributed by atoms with Crippen molar-refractivity contribution < 1.29 is 14.3 Å².